The largest absolute Gasteiger partial charge is 0.316 e. The van der Waals surface area contributed by atoms with Crippen molar-refractivity contribution in [3.63, 3.8) is 0 Å². The molecular formula is C75H66N3+3. The van der Waals surface area contributed by atoms with E-state index >= 15 is 0 Å². The lowest BCUT2D eigenvalue weighted by atomic mass is 9.88. The van der Waals surface area contributed by atoms with Gasteiger partial charge in [0.05, 0.1) is 39.3 Å². The van der Waals surface area contributed by atoms with Crippen molar-refractivity contribution in [2.45, 2.75) is 58.5 Å². The Kier molecular flexibility index (Phi) is 10.7. The molecule has 0 amide bonds. The van der Waals surface area contributed by atoms with Gasteiger partial charge in [0.1, 0.15) is 39.3 Å². The molecule has 3 nitrogen and oxygen atoms in total. The van der Waals surface area contributed by atoms with E-state index in [4.69, 9.17) is 0 Å². The van der Waals surface area contributed by atoms with Gasteiger partial charge in [-0.25, -0.2) is 0 Å². The van der Waals surface area contributed by atoms with Crippen LogP contribution < -0.4 is 0 Å². The summed E-state index contributed by atoms with van der Waals surface area (Å²) < 4.78 is 3.21. The summed E-state index contributed by atoms with van der Waals surface area (Å²) in [6.45, 7) is 13.1. The van der Waals surface area contributed by atoms with E-state index in [0.717, 1.165) is 92.0 Å². The van der Waals surface area contributed by atoms with E-state index in [1.165, 1.54) is 151 Å². The third kappa shape index (κ3) is 7.50. The average molecular weight is 1010 g/mol. The third-order valence-corrected chi connectivity index (χ3v) is 19.7. The predicted molar refractivity (Wildman–Crippen MR) is 327 cm³/mol. The van der Waals surface area contributed by atoms with E-state index in [9.17, 15) is 0 Å². The molecule has 0 unspecified atom stereocenters. The summed E-state index contributed by atoms with van der Waals surface area (Å²) in [7, 11) is 0. The quantitative estimate of drug-likeness (QED) is 0.133. The zero-order chi connectivity index (χ0) is 51.4. The van der Waals surface area contributed by atoms with Crippen LogP contribution in [0.15, 0.2) is 218 Å². The Labute approximate surface area is 458 Å². The second kappa shape index (κ2) is 18.1. The van der Waals surface area contributed by atoms with Gasteiger partial charge in [0.25, 0.3) is 0 Å². The maximum atomic E-state index is 2.53. The van der Waals surface area contributed by atoms with Crippen LogP contribution in [-0.2, 0) is 39.3 Å². The van der Waals surface area contributed by atoms with Crippen molar-refractivity contribution in [2.75, 3.05) is 39.3 Å². The second-order valence-corrected chi connectivity index (χ2v) is 24.3. The minimum absolute atomic E-state index is 1.04. The zero-order valence-corrected chi connectivity index (χ0v) is 44.7. The summed E-state index contributed by atoms with van der Waals surface area (Å²) in [6, 6.07) is 84.9. The van der Waals surface area contributed by atoms with Gasteiger partial charge in [-0.3, -0.25) is 0 Å². The first-order chi connectivity index (χ1) is 38.5. The molecule has 3 spiro atoms. The molecule has 0 bridgehead atoms. The van der Waals surface area contributed by atoms with Gasteiger partial charge in [0.2, 0.25) is 0 Å². The first kappa shape index (κ1) is 46.2. The van der Waals surface area contributed by atoms with Gasteiger partial charge in [0.15, 0.2) is 0 Å². The van der Waals surface area contributed by atoms with Gasteiger partial charge in [-0.05, 0) is 98.0 Å². The number of rotatable bonds is 0. The van der Waals surface area contributed by atoms with Gasteiger partial charge in [-0.1, -0.05) is 218 Å². The average Bonchev–Trinajstić information content (AvgIpc) is 3.93. The fraction of sp³-hybridized carbons (Fsp3) is 0.200. The summed E-state index contributed by atoms with van der Waals surface area (Å²) in [5.41, 5.74) is 17.9. The fourth-order valence-electron chi connectivity index (χ4n) is 16.3. The molecule has 12 aromatic rings. The van der Waals surface area contributed by atoms with E-state index in [-0.39, 0.29) is 0 Å². The van der Waals surface area contributed by atoms with Crippen LogP contribution in [-0.4, -0.2) is 52.7 Å². The third-order valence-electron chi connectivity index (χ3n) is 19.7. The highest BCUT2D eigenvalue weighted by Gasteiger charge is 2.42. The molecule has 4 aliphatic rings. The molecule has 78 heavy (non-hydrogen) atoms. The van der Waals surface area contributed by atoms with Crippen molar-refractivity contribution >= 4 is 64.6 Å². The molecule has 4 heterocycles. The number of quaternary nitrogens is 3. The van der Waals surface area contributed by atoms with Crippen molar-refractivity contribution in [3.8, 4) is 33.4 Å². The van der Waals surface area contributed by atoms with Crippen LogP contribution in [0, 0.1) is 0 Å². The van der Waals surface area contributed by atoms with Crippen molar-refractivity contribution < 1.29 is 13.4 Å². The zero-order valence-electron chi connectivity index (χ0n) is 44.7. The highest BCUT2D eigenvalue weighted by molar-refractivity contribution is 6.10. The highest BCUT2D eigenvalue weighted by atomic mass is 15.4. The van der Waals surface area contributed by atoms with E-state index in [0.29, 0.717) is 0 Å². The maximum Gasteiger partial charge on any atom is 0.105 e. The Morgan fingerprint density at radius 2 is 0.346 bits per heavy atom. The number of hydrogen-bond donors (Lipinski definition) is 0. The summed E-state index contributed by atoms with van der Waals surface area (Å²) in [5.74, 6) is 0. The summed E-state index contributed by atoms with van der Waals surface area (Å²) in [4.78, 5) is 0. The monoisotopic (exact) mass is 1010 g/mol. The Balaban J connectivity index is 0.890. The molecule has 0 aromatic heterocycles. The van der Waals surface area contributed by atoms with Gasteiger partial charge >= 0.3 is 0 Å². The number of benzene rings is 12. The Bertz CT molecular complexity index is 3680. The number of nitrogens with zero attached hydrogens (tertiary/aromatic N) is 3. The topological polar surface area (TPSA) is 0 Å². The minimum atomic E-state index is 1.04. The number of hydrogen-bond acceptors (Lipinski definition) is 0. The maximum absolute atomic E-state index is 2.53. The Morgan fingerprint density at radius 3 is 0.526 bits per heavy atom. The molecule has 0 atom stereocenters. The first-order valence-electron chi connectivity index (χ1n) is 29.1. The van der Waals surface area contributed by atoms with Crippen LogP contribution in [0.5, 0.6) is 0 Å². The summed E-state index contributed by atoms with van der Waals surface area (Å²) >= 11 is 0. The van der Waals surface area contributed by atoms with Crippen molar-refractivity contribution in [2.24, 2.45) is 0 Å². The Hall–Kier alpha value is -7.92. The molecule has 0 N–H and O–H groups in total. The second-order valence-electron chi connectivity index (χ2n) is 24.3. The molecule has 12 aromatic carbocycles. The van der Waals surface area contributed by atoms with Crippen LogP contribution in [0.1, 0.15) is 52.6 Å². The predicted octanol–water partition coefficient (Wildman–Crippen LogP) is 17.7. The van der Waals surface area contributed by atoms with Gasteiger partial charge in [0, 0.05) is 52.6 Å². The van der Waals surface area contributed by atoms with Gasteiger partial charge < -0.3 is 13.4 Å². The molecule has 1 fully saturated rings. The van der Waals surface area contributed by atoms with E-state index in [1.54, 1.807) is 0 Å². The van der Waals surface area contributed by atoms with E-state index < -0.39 is 0 Å². The molecule has 16 rings (SSSR count). The lowest BCUT2D eigenvalue weighted by Gasteiger charge is -2.45. The highest BCUT2D eigenvalue weighted by Crippen LogP contribution is 2.49. The molecule has 1 saturated heterocycles. The molecule has 4 aliphatic heterocycles. The normalized spacial score (nSPS) is 17.5. The van der Waals surface area contributed by atoms with Gasteiger partial charge in [-0.2, -0.15) is 0 Å². The molecule has 3 heteroatoms. The van der Waals surface area contributed by atoms with Crippen LogP contribution in [0.4, 0.5) is 0 Å². The SMILES string of the molecule is c1ccc2c3c(ccc2c1)C[N+]1(CCC[N+]2(CCC[N+]4(CCC1)Cc1ccc5ccccc5c1-c1c(ccc5ccccc15)C4)Cc1ccc4ccccc4c1-c1c(ccc4ccccc14)C2)Cc1ccc2ccccc2c1-3. The van der Waals surface area contributed by atoms with E-state index in [1.807, 2.05) is 0 Å². The molecule has 378 valence electrons. The molecule has 0 radical (unpaired) electrons. The van der Waals surface area contributed by atoms with Gasteiger partial charge in [-0.15, -0.1) is 0 Å². The number of fused-ring (bicyclic) bond motifs is 21. The smallest absolute Gasteiger partial charge is 0.105 e. The molecule has 0 saturated carbocycles. The van der Waals surface area contributed by atoms with Crippen molar-refractivity contribution in [3.05, 3.63) is 252 Å². The summed E-state index contributed by atoms with van der Waals surface area (Å²) in [6.07, 6.45) is 3.54. The first-order valence-corrected chi connectivity index (χ1v) is 29.1. The van der Waals surface area contributed by atoms with Crippen LogP contribution in [0.25, 0.3) is 98.0 Å². The van der Waals surface area contributed by atoms with Crippen LogP contribution in [0.3, 0.4) is 0 Å². The van der Waals surface area contributed by atoms with Crippen molar-refractivity contribution in [1.29, 1.82) is 0 Å². The molecular weight excluding hydrogens is 943 g/mol. The summed E-state index contributed by atoms with van der Waals surface area (Å²) in [5, 5.41) is 16.3. The van der Waals surface area contributed by atoms with Crippen molar-refractivity contribution in [1.82, 2.24) is 0 Å². The fourth-order valence-corrected chi connectivity index (χ4v) is 16.3. The Morgan fingerprint density at radius 1 is 0.179 bits per heavy atom. The lowest BCUT2D eigenvalue weighted by molar-refractivity contribution is -0.987. The minimum Gasteiger partial charge on any atom is -0.316 e. The standard InChI is InChI=1S/C75H66N3/c1-7-22-64-52(16-1)28-34-58-46-76(47-59-35-29-53-17-2-8-23-65(53)71(59)70(58)64)40-13-42-77(48-60-36-30-54-18-3-9-24-66(54)72(60)73-61(49-77)37-31-55-19-4-10-25-67(55)73)44-15-45-78(43-14-41-76)50-62-38-32-56-20-5-11-26-68(56)74(62)75-63(51-78)39-33-57-21-6-12-27-69(57)75/h1-12,16-39H,13-15,40-51H2/q+3. The van der Waals surface area contributed by atoms with E-state index in [2.05, 4.69) is 218 Å². The lowest BCUT2D eigenvalue weighted by Crippen LogP contribution is -2.55. The van der Waals surface area contributed by atoms with Crippen LogP contribution >= 0.6 is 0 Å². The van der Waals surface area contributed by atoms with Crippen LogP contribution in [0.2, 0.25) is 0 Å². The molecule has 0 aliphatic carbocycles.